The highest BCUT2D eigenvalue weighted by molar-refractivity contribution is 7.11. The third kappa shape index (κ3) is 1.33. The van der Waals surface area contributed by atoms with Crippen LogP contribution in [0.2, 0.25) is 0 Å². The Morgan fingerprint density at radius 3 is 3.20 bits per heavy atom. The molecule has 0 aliphatic heterocycles. The maximum absolute atomic E-state index is 10.8. The van der Waals surface area contributed by atoms with Gasteiger partial charge in [0.1, 0.15) is 0 Å². The van der Waals surface area contributed by atoms with Gasteiger partial charge in [0.25, 0.3) is 5.91 Å². The van der Waals surface area contributed by atoms with Crippen molar-refractivity contribution in [3.63, 3.8) is 0 Å². The molecule has 1 amide bonds. The maximum Gasteiger partial charge on any atom is 0.291 e. The first kappa shape index (κ1) is 6.78. The summed E-state index contributed by atoms with van der Waals surface area (Å²) in [5, 5.41) is 4.29. The van der Waals surface area contributed by atoms with E-state index >= 15 is 0 Å². The van der Waals surface area contributed by atoms with Crippen molar-refractivity contribution in [2.75, 3.05) is 0 Å². The molecule has 0 aliphatic rings. The van der Waals surface area contributed by atoms with Crippen LogP contribution in [-0.4, -0.2) is 10.9 Å². The zero-order valence-electron chi connectivity index (χ0n) is 5.00. The molecule has 0 saturated carbocycles. The molecule has 0 aliphatic carbocycles. The summed E-state index contributed by atoms with van der Waals surface area (Å²) in [7, 11) is 0. The summed E-state index contributed by atoms with van der Waals surface area (Å²) >= 11 is 1.25. The second-order valence-electron chi connectivity index (χ2n) is 1.44. The van der Waals surface area contributed by atoms with E-state index in [1.807, 2.05) is 6.04 Å². The molecule has 1 N–H and O–H groups in total. The van der Waals surface area contributed by atoms with E-state index < -0.39 is 0 Å². The first-order valence-electron chi connectivity index (χ1n) is 2.50. The van der Waals surface area contributed by atoms with Gasteiger partial charge in [0, 0.05) is 17.6 Å². The molecule has 0 radical (unpaired) electrons. The summed E-state index contributed by atoms with van der Waals surface area (Å²) in [6.45, 7) is 0. The number of thiazole rings is 1. The van der Waals surface area contributed by atoms with E-state index in [9.17, 15) is 4.79 Å². The number of aromatic nitrogens is 1. The highest BCUT2D eigenvalue weighted by atomic mass is 32.1. The molecule has 1 aromatic rings. The van der Waals surface area contributed by atoms with Crippen LogP contribution in [0.3, 0.4) is 0 Å². The van der Waals surface area contributed by atoms with Crippen molar-refractivity contribution in [2.45, 2.75) is 0 Å². The minimum Gasteiger partial charge on any atom is -0.279 e. The lowest BCUT2D eigenvalue weighted by Gasteiger charge is -1.88. The van der Waals surface area contributed by atoms with Gasteiger partial charge in [0.15, 0.2) is 5.01 Å². The average molecular weight is 152 g/mol. The number of hydrogen-bond donors (Lipinski definition) is 1. The van der Waals surface area contributed by atoms with Gasteiger partial charge >= 0.3 is 0 Å². The van der Waals surface area contributed by atoms with Crippen LogP contribution >= 0.6 is 11.3 Å². The molecule has 1 rings (SSSR count). The summed E-state index contributed by atoms with van der Waals surface area (Å²) in [6.07, 6.45) is 6.38. The molecule has 0 spiro atoms. The van der Waals surface area contributed by atoms with E-state index in [0.29, 0.717) is 5.01 Å². The van der Waals surface area contributed by atoms with Crippen molar-refractivity contribution < 1.29 is 4.79 Å². The SMILES string of the molecule is C#CNC(=O)c1nccs1. The third-order valence-electron chi connectivity index (χ3n) is 0.812. The molecule has 3 nitrogen and oxygen atoms in total. The third-order valence-corrected chi connectivity index (χ3v) is 1.58. The fourth-order valence-corrected chi connectivity index (χ4v) is 0.985. The minimum absolute atomic E-state index is 0.322. The van der Waals surface area contributed by atoms with Gasteiger partial charge in [0.05, 0.1) is 0 Å². The van der Waals surface area contributed by atoms with Gasteiger partial charge in [-0.05, 0) is 0 Å². The van der Waals surface area contributed by atoms with Crippen LogP contribution in [0.4, 0.5) is 0 Å². The van der Waals surface area contributed by atoms with Gasteiger partial charge in [0.2, 0.25) is 0 Å². The Balaban J connectivity index is 2.71. The fraction of sp³-hybridized carbons (Fsp3) is 0. The van der Waals surface area contributed by atoms with Crippen LogP contribution in [0.5, 0.6) is 0 Å². The van der Waals surface area contributed by atoms with Gasteiger partial charge in [-0.3, -0.25) is 10.1 Å². The normalized spacial score (nSPS) is 8.30. The summed E-state index contributed by atoms with van der Waals surface area (Å²) in [4.78, 5) is 14.5. The topological polar surface area (TPSA) is 42.0 Å². The molecule has 10 heavy (non-hydrogen) atoms. The number of nitrogens with one attached hydrogen (secondary N) is 1. The summed E-state index contributed by atoms with van der Waals surface area (Å²) < 4.78 is 0. The largest absolute Gasteiger partial charge is 0.291 e. The highest BCUT2D eigenvalue weighted by Crippen LogP contribution is 2.02. The Kier molecular flexibility index (Phi) is 2.03. The van der Waals surface area contributed by atoms with Gasteiger partial charge in [-0.2, -0.15) is 0 Å². The van der Waals surface area contributed by atoms with E-state index in [1.54, 1.807) is 11.6 Å². The number of terminal acetylenes is 1. The fourth-order valence-electron chi connectivity index (χ4n) is 0.455. The standard InChI is InChI=1S/C6H4N2OS/c1-2-7-5(9)6-8-3-4-10-6/h1,3-4H,(H,7,9). The minimum atomic E-state index is -0.322. The second kappa shape index (κ2) is 2.99. The number of rotatable bonds is 1. The van der Waals surface area contributed by atoms with Crippen molar-refractivity contribution in [1.29, 1.82) is 0 Å². The summed E-state index contributed by atoms with van der Waals surface area (Å²) in [5.74, 6) is -0.322. The molecule has 0 fully saturated rings. The van der Waals surface area contributed by atoms with Crippen molar-refractivity contribution >= 4 is 17.2 Å². The number of carbonyl (C=O) groups is 1. The van der Waals surface area contributed by atoms with Gasteiger partial charge in [-0.1, -0.05) is 6.42 Å². The van der Waals surface area contributed by atoms with Gasteiger partial charge in [-0.25, -0.2) is 4.98 Å². The molecule has 4 heteroatoms. The molecule has 0 atom stereocenters. The molecule has 1 aromatic heterocycles. The Bertz CT molecular complexity index is 260. The van der Waals surface area contributed by atoms with Crippen molar-refractivity contribution in [3.05, 3.63) is 16.6 Å². The van der Waals surface area contributed by atoms with E-state index in [4.69, 9.17) is 6.42 Å². The molecule has 50 valence electrons. The van der Waals surface area contributed by atoms with E-state index in [-0.39, 0.29) is 5.91 Å². The number of carbonyl (C=O) groups excluding carboxylic acids is 1. The number of nitrogens with zero attached hydrogens (tertiary/aromatic N) is 1. The number of hydrogen-bond acceptors (Lipinski definition) is 3. The molecular formula is C6H4N2OS. The number of amides is 1. The predicted molar refractivity (Wildman–Crippen MR) is 38.4 cm³/mol. The lowest BCUT2D eigenvalue weighted by atomic mass is 10.6. The Hall–Kier alpha value is -1.34. The molecular weight excluding hydrogens is 148 g/mol. The maximum atomic E-state index is 10.8. The second-order valence-corrected chi connectivity index (χ2v) is 2.33. The lowest BCUT2D eigenvalue weighted by molar-refractivity contribution is 0.0973. The molecule has 0 unspecified atom stereocenters. The first-order valence-corrected chi connectivity index (χ1v) is 3.38. The summed E-state index contributed by atoms with van der Waals surface area (Å²) in [6, 6.07) is 2.02. The molecule has 0 aromatic carbocycles. The molecule has 0 bridgehead atoms. The quantitative estimate of drug-likeness (QED) is 0.469. The van der Waals surface area contributed by atoms with Crippen LogP contribution in [0.25, 0.3) is 0 Å². The zero-order valence-corrected chi connectivity index (χ0v) is 5.81. The average Bonchev–Trinajstić information content (AvgIpc) is 2.38. The highest BCUT2D eigenvalue weighted by Gasteiger charge is 2.04. The zero-order chi connectivity index (χ0) is 7.40. The van der Waals surface area contributed by atoms with Gasteiger partial charge < -0.3 is 0 Å². The van der Waals surface area contributed by atoms with E-state index in [0.717, 1.165) is 0 Å². The van der Waals surface area contributed by atoms with E-state index in [1.165, 1.54) is 11.3 Å². The Morgan fingerprint density at radius 1 is 1.90 bits per heavy atom. The van der Waals surface area contributed by atoms with Crippen LogP contribution in [0.15, 0.2) is 11.6 Å². The lowest BCUT2D eigenvalue weighted by Crippen LogP contribution is -2.16. The van der Waals surface area contributed by atoms with Crippen LogP contribution in [0, 0.1) is 12.5 Å². The molecule has 0 saturated heterocycles. The smallest absolute Gasteiger partial charge is 0.279 e. The van der Waals surface area contributed by atoms with E-state index in [2.05, 4.69) is 10.3 Å². The van der Waals surface area contributed by atoms with Crippen molar-refractivity contribution in [3.8, 4) is 12.5 Å². The van der Waals surface area contributed by atoms with Crippen molar-refractivity contribution in [2.24, 2.45) is 0 Å². The van der Waals surface area contributed by atoms with Crippen molar-refractivity contribution in [1.82, 2.24) is 10.3 Å². The van der Waals surface area contributed by atoms with Crippen LogP contribution < -0.4 is 5.32 Å². The first-order chi connectivity index (χ1) is 4.84. The predicted octanol–water partition coefficient (Wildman–Crippen LogP) is 0.464. The van der Waals surface area contributed by atoms with Crippen LogP contribution in [0.1, 0.15) is 9.80 Å². The van der Waals surface area contributed by atoms with Gasteiger partial charge in [-0.15, -0.1) is 11.3 Å². The molecule has 1 heterocycles. The van der Waals surface area contributed by atoms with Crippen LogP contribution in [-0.2, 0) is 0 Å². The Morgan fingerprint density at radius 2 is 2.70 bits per heavy atom. The monoisotopic (exact) mass is 152 g/mol. The Labute approximate surface area is 62.1 Å². The summed E-state index contributed by atoms with van der Waals surface area (Å²) in [5.41, 5.74) is 0.